The summed E-state index contributed by atoms with van der Waals surface area (Å²) in [4.78, 5) is 24.5. The van der Waals surface area contributed by atoms with Crippen LogP contribution < -0.4 is 5.32 Å². The number of aliphatic hydroxyl groups is 2. The van der Waals surface area contributed by atoms with Gasteiger partial charge >= 0.3 is 5.97 Å². The lowest BCUT2D eigenvalue weighted by Crippen LogP contribution is -2.45. The molecule has 0 aliphatic heterocycles. The summed E-state index contributed by atoms with van der Waals surface area (Å²) in [7, 11) is 0. The first-order chi connectivity index (χ1) is 33.0. The second-order valence-electron chi connectivity index (χ2n) is 20.3. The normalized spacial score (nSPS) is 12.8. The molecule has 394 valence electrons. The van der Waals surface area contributed by atoms with Crippen LogP contribution in [0.25, 0.3) is 0 Å². The monoisotopic (exact) mass is 942 g/mol. The summed E-state index contributed by atoms with van der Waals surface area (Å²) in [5.74, 6) is -0.0754. The summed E-state index contributed by atoms with van der Waals surface area (Å²) >= 11 is 0. The highest BCUT2D eigenvalue weighted by molar-refractivity contribution is 5.76. The zero-order valence-corrected chi connectivity index (χ0v) is 44.9. The number of unbranched alkanes of at least 4 members (excludes halogenated alkanes) is 38. The third-order valence-corrected chi connectivity index (χ3v) is 13.7. The molecule has 0 aliphatic rings. The molecule has 2 atom stereocenters. The first-order valence-electron chi connectivity index (χ1n) is 29.7. The summed E-state index contributed by atoms with van der Waals surface area (Å²) in [6.45, 7) is 4.88. The molecule has 0 heterocycles. The highest BCUT2D eigenvalue weighted by Crippen LogP contribution is 2.17. The van der Waals surface area contributed by atoms with Gasteiger partial charge in [-0.05, 0) is 83.5 Å². The Bertz CT molecular complexity index is 1090. The standard InChI is InChI=1S/C61H115NO5/c1-3-5-7-9-11-13-15-16-17-18-19-20-21-22-24-27-30-34-37-41-45-49-53-59(64)58(57-63)62-60(65)54-50-46-42-38-35-31-28-25-23-26-29-32-36-40-44-48-52-56-67-61(66)55-51-47-43-39-33-14-12-10-8-6-4-2/h10,12,23,26,32,36,58-59,63-64H,3-9,11,13-22,24-25,27-31,33-35,37-57H2,1-2H3,(H,62,65)/b12-10-,26-23-,36-32-. The van der Waals surface area contributed by atoms with E-state index in [0.717, 1.165) is 83.5 Å². The molecular weight excluding hydrogens is 827 g/mol. The Morgan fingerprint density at radius 1 is 0.418 bits per heavy atom. The second-order valence-corrected chi connectivity index (χ2v) is 20.3. The first-order valence-corrected chi connectivity index (χ1v) is 29.7. The van der Waals surface area contributed by atoms with Crippen molar-refractivity contribution in [2.75, 3.05) is 13.2 Å². The molecule has 67 heavy (non-hydrogen) atoms. The molecule has 3 N–H and O–H groups in total. The van der Waals surface area contributed by atoms with Gasteiger partial charge in [0.25, 0.3) is 0 Å². The van der Waals surface area contributed by atoms with Crippen LogP contribution in [0.1, 0.15) is 316 Å². The molecule has 0 radical (unpaired) electrons. The molecule has 6 heteroatoms. The topological polar surface area (TPSA) is 95.9 Å². The Kier molecular flexibility index (Phi) is 55.0. The number of amides is 1. The molecule has 0 saturated carbocycles. The molecule has 0 fully saturated rings. The minimum atomic E-state index is -0.676. The fourth-order valence-electron chi connectivity index (χ4n) is 9.06. The van der Waals surface area contributed by atoms with Crippen molar-refractivity contribution in [2.24, 2.45) is 0 Å². The number of carbonyl (C=O) groups excluding carboxylic acids is 2. The number of hydrogen-bond donors (Lipinski definition) is 3. The smallest absolute Gasteiger partial charge is 0.305 e. The van der Waals surface area contributed by atoms with Gasteiger partial charge in [0.1, 0.15) is 0 Å². The van der Waals surface area contributed by atoms with Crippen molar-refractivity contribution >= 4 is 11.9 Å². The molecule has 0 rings (SSSR count). The van der Waals surface area contributed by atoms with E-state index in [1.807, 2.05) is 0 Å². The van der Waals surface area contributed by atoms with E-state index in [0.29, 0.717) is 25.9 Å². The van der Waals surface area contributed by atoms with Crippen LogP contribution in [0.4, 0.5) is 0 Å². The van der Waals surface area contributed by atoms with Crippen molar-refractivity contribution in [1.29, 1.82) is 0 Å². The van der Waals surface area contributed by atoms with E-state index in [2.05, 4.69) is 55.6 Å². The maximum Gasteiger partial charge on any atom is 0.305 e. The summed E-state index contributed by atoms with van der Waals surface area (Å²) in [5.41, 5.74) is 0. The average Bonchev–Trinajstić information content (AvgIpc) is 3.33. The predicted molar refractivity (Wildman–Crippen MR) is 292 cm³/mol. The van der Waals surface area contributed by atoms with Crippen molar-refractivity contribution in [3.05, 3.63) is 36.5 Å². The third-order valence-electron chi connectivity index (χ3n) is 13.7. The Balaban J connectivity index is 3.50. The molecule has 0 aromatic rings. The molecule has 0 aromatic heterocycles. The molecule has 0 aliphatic carbocycles. The number of allylic oxidation sites excluding steroid dienone is 6. The quantitative estimate of drug-likeness (QED) is 0.0321. The number of ether oxygens (including phenoxy) is 1. The minimum Gasteiger partial charge on any atom is -0.466 e. The summed E-state index contributed by atoms with van der Waals surface area (Å²) in [5, 5.41) is 23.3. The van der Waals surface area contributed by atoms with Gasteiger partial charge in [0, 0.05) is 12.8 Å². The highest BCUT2D eigenvalue weighted by atomic mass is 16.5. The number of nitrogens with one attached hydrogen (secondary N) is 1. The van der Waals surface area contributed by atoms with E-state index in [9.17, 15) is 19.8 Å². The SMILES string of the molecule is CCCC/C=C\CCCCCCCC(=O)OCCCCC/C=C\C/C=C\CCCCCCCCCC(=O)NC(CO)C(O)CCCCCCCCCCCCCCCCCCCCCCCC. The zero-order chi connectivity index (χ0) is 48.6. The van der Waals surface area contributed by atoms with Crippen LogP contribution in [-0.2, 0) is 14.3 Å². The molecule has 0 bridgehead atoms. The number of carbonyl (C=O) groups is 2. The van der Waals surface area contributed by atoms with Gasteiger partial charge in [-0.3, -0.25) is 9.59 Å². The number of hydrogen-bond acceptors (Lipinski definition) is 5. The maximum absolute atomic E-state index is 12.5. The van der Waals surface area contributed by atoms with Gasteiger partial charge in [-0.2, -0.15) is 0 Å². The van der Waals surface area contributed by atoms with Gasteiger partial charge in [-0.15, -0.1) is 0 Å². The van der Waals surface area contributed by atoms with Crippen molar-refractivity contribution < 1.29 is 24.5 Å². The van der Waals surface area contributed by atoms with Crippen molar-refractivity contribution in [1.82, 2.24) is 5.32 Å². The summed E-state index contributed by atoms with van der Waals surface area (Å²) in [6, 6.07) is -0.555. The van der Waals surface area contributed by atoms with E-state index in [4.69, 9.17) is 4.74 Å². The minimum absolute atomic E-state index is 0.0264. The third kappa shape index (κ3) is 53.3. The van der Waals surface area contributed by atoms with Crippen LogP contribution in [0.2, 0.25) is 0 Å². The van der Waals surface area contributed by atoms with Crippen LogP contribution in [0, 0.1) is 0 Å². The zero-order valence-electron chi connectivity index (χ0n) is 44.9. The van der Waals surface area contributed by atoms with Crippen molar-refractivity contribution in [3.63, 3.8) is 0 Å². The first kappa shape index (κ1) is 65.1. The predicted octanol–water partition coefficient (Wildman–Crippen LogP) is 18.4. The average molecular weight is 943 g/mol. The number of aliphatic hydroxyl groups excluding tert-OH is 2. The lowest BCUT2D eigenvalue weighted by atomic mass is 10.0. The fourth-order valence-corrected chi connectivity index (χ4v) is 9.06. The maximum atomic E-state index is 12.5. The fraction of sp³-hybridized carbons (Fsp3) is 0.869. The van der Waals surface area contributed by atoms with Gasteiger partial charge in [0.15, 0.2) is 0 Å². The Labute approximate surface area is 417 Å². The van der Waals surface area contributed by atoms with Gasteiger partial charge < -0.3 is 20.3 Å². The number of rotatable bonds is 55. The van der Waals surface area contributed by atoms with E-state index < -0.39 is 12.1 Å². The van der Waals surface area contributed by atoms with E-state index in [1.54, 1.807) is 0 Å². The number of esters is 1. The molecule has 0 saturated heterocycles. The van der Waals surface area contributed by atoms with Gasteiger partial charge in [0.05, 0.1) is 25.4 Å². The molecule has 2 unspecified atom stereocenters. The molecular formula is C61H115NO5. The van der Waals surface area contributed by atoms with Gasteiger partial charge in [-0.25, -0.2) is 0 Å². The molecule has 0 spiro atoms. The highest BCUT2D eigenvalue weighted by Gasteiger charge is 2.20. The Hall–Kier alpha value is -1.92. The van der Waals surface area contributed by atoms with E-state index >= 15 is 0 Å². The Morgan fingerprint density at radius 2 is 0.761 bits per heavy atom. The van der Waals surface area contributed by atoms with Crippen LogP contribution >= 0.6 is 0 Å². The van der Waals surface area contributed by atoms with Crippen molar-refractivity contribution in [3.8, 4) is 0 Å². The molecule has 6 nitrogen and oxygen atoms in total. The Morgan fingerprint density at radius 3 is 1.19 bits per heavy atom. The molecule has 0 aromatic carbocycles. The van der Waals surface area contributed by atoms with Crippen LogP contribution in [0.15, 0.2) is 36.5 Å². The van der Waals surface area contributed by atoms with Gasteiger partial charge in [-0.1, -0.05) is 256 Å². The van der Waals surface area contributed by atoms with Crippen LogP contribution in [-0.4, -0.2) is 47.4 Å². The van der Waals surface area contributed by atoms with Crippen LogP contribution in [0.5, 0.6) is 0 Å². The van der Waals surface area contributed by atoms with Crippen molar-refractivity contribution in [2.45, 2.75) is 328 Å². The molecule has 1 amide bonds. The second kappa shape index (κ2) is 56.7. The summed E-state index contributed by atoms with van der Waals surface area (Å²) < 4.78 is 5.43. The van der Waals surface area contributed by atoms with Crippen LogP contribution in [0.3, 0.4) is 0 Å². The lowest BCUT2D eigenvalue weighted by molar-refractivity contribution is -0.143. The largest absolute Gasteiger partial charge is 0.466 e. The van der Waals surface area contributed by atoms with Gasteiger partial charge in [0.2, 0.25) is 5.91 Å². The van der Waals surface area contributed by atoms with E-state index in [1.165, 1.54) is 199 Å². The van der Waals surface area contributed by atoms with E-state index in [-0.39, 0.29) is 18.5 Å². The summed E-state index contributed by atoms with van der Waals surface area (Å²) in [6.07, 6.45) is 70.0. The lowest BCUT2D eigenvalue weighted by Gasteiger charge is -2.22.